The number of nitrogens with one attached hydrogen (secondary N) is 1. The van der Waals surface area contributed by atoms with Crippen molar-refractivity contribution in [2.24, 2.45) is 5.84 Å². The van der Waals surface area contributed by atoms with Crippen LogP contribution in [0.4, 0.5) is 0 Å². The van der Waals surface area contributed by atoms with Crippen LogP contribution in [0.1, 0.15) is 36.5 Å². The fourth-order valence-corrected chi connectivity index (χ4v) is 2.04. The summed E-state index contributed by atoms with van der Waals surface area (Å²) in [7, 11) is 0. The van der Waals surface area contributed by atoms with Gasteiger partial charge in [0.2, 0.25) is 0 Å². The molecule has 0 aliphatic rings. The Balaban J connectivity index is 2.15. The lowest BCUT2D eigenvalue weighted by molar-refractivity contribution is 0.480. The molecular formula is C12H19N5O. The van der Waals surface area contributed by atoms with Gasteiger partial charge in [-0.2, -0.15) is 5.10 Å². The van der Waals surface area contributed by atoms with Gasteiger partial charge in [-0.05, 0) is 19.4 Å². The van der Waals surface area contributed by atoms with Gasteiger partial charge in [-0.25, -0.2) is 4.98 Å². The highest BCUT2D eigenvalue weighted by Crippen LogP contribution is 2.21. The van der Waals surface area contributed by atoms with Crippen molar-refractivity contribution in [2.45, 2.75) is 39.3 Å². The summed E-state index contributed by atoms with van der Waals surface area (Å²) < 4.78 is 7.22. The molecule has 1 atom stereocenters. The van der Waals surface area contributed by atoms with Crippen LogP contribution in [0.2, 0.25) is 0 Å². The van der Waals surface area contributed by atoms with E-state index >= 15 is 0 Å². The van der Waals surface area contributed by atoms with Gasteiger partial charge in [-0.1, -0.05) is 6.92 Å². The molecular weight excluding hydrogens is 230 g/mol. The highest BCUT2D eigenvalue weighted by Gasteiger charge is 2.17. The summed E-state index contributed by atoms with van der Waals surface area (Å²) in [6, 6.07) is 1.92. The van der Waals surface area contributed by atoms with E-state index in [0.717, 1.165) is 30.1 Å². The molecule has 1 unspecified atom stereocenters. The maximum Gasteiger partial charge on any atom is 0.138 e. The van der Waals surface area contributed by atoms with Crippen LogP contribution in [0.15, 0.2) is 23.1 Å². The van der Waals surface area contributed by atoms with E-state index < -0.39 is 0 Å². The summed E-state index contributed by atoms with van der Waals surface area (Å²) in [5.74, 6) is 7.43. The van der Waals surface area contributed by atoms with Crippen LogP contribution >= 0.6 is 0 Å². The van der Waals surface area contributed by atoms with Gasteiger partial charge in [0.15, 0.2) is 0 Å². The lowest BCUT2D eigenvalue weighted by Gasteiger charge is -2.15. The number of aryl methyl sites for hydroxylation is 2. The highest BCUT2D eigenvalue weighted by molar-refractivity contribution is 5.21. The molecule has 6 nitrogen and oxygen atoms in total. The summed E-state index contributed by atoms with van der Waals surface area (Å²) in [6.45, 7) is 4.91. The minimum atomic E-state index is -0.0106. The van der Waals surface area contributed by atoms with Crippen LogP contribution in [0.3, 0.4) is 0 Å². The topological polar surface area (TPSA) is 81.9 Å². The van der Waals surface area contributed by atoms with Crippen LogP contribution in [-0.2, 0) is 13.0 Å². The van der Waals surface area contributed by atoms with Crippen molar-refractivity contribution in [1.29, 1.82) is 0 Å². The van der Waals surface area contributed by atoms with E-state index in [1.54, 1.807) is 12.6 Å². The second-order valence-electron chi connectivity index (χ2n) is 4.25. The van der Waals surface area contributed by atoms with Gasteiger partial charge in [-0.3, -0.25) is 16.0 Å². The molecule has 0 fully saturated rings. The zero-order chi connectivity index (χ0) is 13.0. The molecule has 0 amide bonds. The molecule has 0 aromatic carbocycles. The molecule has 3 N–H and O–H groups in total. The average Bonchev–Trinajstić information content (AvgIpc) is 2.96. The fraction of sp³-hybridized carbons (Fsp3) is 0.500. The quantitative estimate of drug-likeness (QED) is 0.596. The number of aromatic nitrogens is 3. The number of hydrogen-bond acceptors (Lipinski definition) is 5. The van der Waals surface area contributed by atoms with Crippen molar-refractivity contribution in [1.82, 2.24) is 20.2 Å². The minimum Gasteiger partial charge on any atom is -0.469 e. The van der Waals surface area contributed by atoms with Gasteiger partial charge in [0.25, 0.3) is 0 Å². The molecule has 6 heteroatoms. The standard InChI is InChI=1S/C12H19N5O/c1-3-5-17-12(14-8-15-17)7-11(16-13)10-4-6-18-9(10)2/h4,6,8,11,16H,3,5,7,13H2,1-2H3. The lowest BCUT2D eigenvalue weighted by atomic mass is 10.1. The van der Waals surface area contributed by atoms with Crippen molar-refractivity contribution in [3.05, 3.63) is 35.8 Å². The van der Waals surface area contributed by atoms with Crippen LogP contribution in [0.25, 0.3) is 0 Å². The summed E-state index contributed by atoms with van der Waals surface area (Å²) >= 11 is 0. The van der Waals surface area contributed by atoms with E-state index in [9.17, 15) is 0 Å². The number of rotatable bonds is 6. The van der Waals surface area contributed by atoms with E-state index in [-0.39, 0.29) is 6.04 Å². The lowest BCUT2D eigenvalue weighted by Crippen LogP contribution is -2.30. The largest absolute Gasteiger partial charge is 0.469 e. The summed E-state index contributed by atoms with van der Waals surface area (Å²) in [5.41, 5.74) is 3.87. The Morgan fingerprint density at radius 3 is 3.00 bits per heavy atom. The molecule has 0 aliphatic carbocycles. The molecule has 0 spiro atoms. The molecule has 2 heterocycles. The zero-order valence-corrected chi connectivity index (χ0v) is 10.8. The van der Waals surface area contributed by atoms with E-state index in [1.807, 2.05) is 17.7 Å². The first kappa shape index (κ1) is 12.8. The van der Waals surface area contributed by atoms with Crippen LogP contribution in [-0.4, -0.2) is 14.8 Å². The number of furan rings is 1. The number of hydrazine groups is 1. The minimum absolute atomic E-state index is 0.0106. The second kappa shape index (κ2) is 5.79. The Morgan fingerprint density at radius 2 is 2.39 bits per heavy atom. The molecule has 0 aliphatic heterocycles. The third-order valence-electron chi connectivity index (χ3n) is 2.99. The molecule has 98 valence electrons. The Morgan fingerprint density at radius 1 is 1.56 bits per heavy atom. The maximum atomic E-state index is 5.62. The highest BCUT2D eigenvalue weighted by atomic mass is 16.3. The van der Waals surface area contributed by atoms with Gasteiger partial charge in [0.1, 0.15) is 17.9 Å². The van der Waals surface area contributed by atoms with Gasteiger partial charge in [0, 0.05) is 18.5 Å². The number of nitrogens with two attached hydrogens (primary N) is 1. The second-order valence-corrected chi connectivity index (χ2v) is 4.25. The smallest absolute Gasteiger partial charge is 0.138 e. The average molecular weight is 249 g/mol. The zero-order valence-electron chi connectivity index (χ0n) is 10.8. The molecule has 2 aromatic heterocycles. The first-order valence-electron chi connectivity index (χ1n) is 6.13. The molecule has 0 saturated heterocycles. The maximum absolute atomic E-state index is 5.62. The first-order valence-corrected chi connectivity index (χ1v) is 6.13. The molecule has 2 rings (SSSR count). The van der Waals surface area contributed by atoms with Crippen molar-refractivity contribution in [3.63, 3.8) is 0 Å². The predicted molar refractivity (Wildman–Crippen MR) is 67.5 cm³/mol. The van der Waals surface area contributed by atoms with E-state index in [0.29, 0.717) is 6.42 Å². The molecule has 0 bridgehead atoms. The van der Waals surface area contributed by atoms with E-state index in [2.05, 4.69) is 22.4 Å². The Kier molecular flexibility index (Phi) is 4.11. The number of hydrogen-bond donors (Lipinski definition) is 2. The summed E-state index contributed by atoms with van der Waals surface area (Å²) in [4.78, 5) is 4.29. The van der Waals surface area contributed by atoms with Crippen molar-refractivity contribution in [2.75, 3.05) is 0 Å². The molecule has 18 heavy (non-hydrogen) atoms. The Bertz CT molecular complexity index is 490. The normalized spacial score (nSPS) is 12.8. The fourth-order valence-electron chi connectivity index (χ4n) is 2.04. The summed E-state index contributed by atoms with van der Waals surface area (Å²) in [6.07, 6.45) is 4.98. The summed E-state index contributed by atoms with van der Waals surface area (Å²) in [5, 5.41) is 4.21. The third kappa shape index (κ3) is 2.60. The Labute approximate surface area is 106 Å². The third-order valence-corrected chi connectivity index (χ3v) is 2.99. The molecule has 0 radical (unpaired) electrons. The SMILES string of the molecule is CCCn1ncnc1CC(NN)c1ccoc1C. The van der Waals surface area contributed by atoms with Gasteiger partial charge >= 0.3 is 0 Å². The van der Waals surface area contributed by atoms with Crippen molar-refractivity contribution in [3.8, 4) is 0 Å². The van der Waals surface area contributed by atoms with Gasteiger partial charge in [-0.15, -0.1) is 0 Å². The van der Waals surface area contributed by atoms with E-state index in [1.165, 1.54) is 0 Å². The molecule has 2 aromatic rings. The van der Waals surface area contributed by atoms with Gasteiger partial charge in [0.05, 0.1) is 12.3 Å². The van der Waals surface area contributed by atoms with Crippen molar-refractivity contribution >= 4 is 0 Å². The molecule has 0 saturated carbocycles. The first-order chi connectivity index (χ1) is 8.76. The monoisotopic (exact) mass is 249 g/mol. The van der Waals surface area contributed by atoms with Crippen LogP contribution in [0, 0.1) is 6.92 Å². The van der Waals surface area contributed by atoms with E-state index in [4.69, 9.17) is 10.3 Å². The van der Waals surface area contributed by atoms with Crippen LogP contribution in [0.5, 0.6) is 0 Å². The Hall–Kier alpha value is -1.66. The predicted octanol–water partition coefficient (Wildman–Crippen LogP) is 1.34. The van der Waals surface area contributed by atoms with Gasteiger partial charge < -0.3 is 4.42 Å². The van der Waals surface area contributed by atoms with Crippen LogP contribution < -0.4 is 11.3 Å². The number of nitrogens with zero attached hydrogens (tertiary/aromatic N) is 3. The van der Waals surface area contributed by atoms with Crippen molar-refractivity contribution < 1.29 is 4.42 Å².